The fraction of sp³-hybridized carbons (Fsp3) is 0.350. The average Bonchev–Trinajstić information content (AvgIpc) is 2.53. The van der Waals surface area contributed by atoms with Gasteiger partial charge in [0.2, 0.25) is 0 Å². The molecular formula is C20H24O. The van der Waals surface area contributed by atoms with E-state index in [0.717, 1.165) is 19.3 Å². The summed E-state index contributed by atoms with van der Waals surface area (Å²) in [6.07, 6.45) is 4.39. The molecule has 0 bridgehead atoms. The molecule has 21 heavy (non-hydrogen) atoms. The lowest BCUT2D eigenvalue weighted by Crippen LogP contribution is -2.07. The zero-order valence-corrected chi connectivity index (χ0v) is 12.8. The van der Waals surface area contributed by atoms with E-state index < -0.39 is 0 Å². The first-order chi connectivity index (χ1) is 10.2. The van der Waals surface area contributed by atoms with Gasteiger partial charge in [-0.25, -0.2) is 0 Å². The highest BCUT2D eigenvalue weighted by Crippen LogP contribution is 2.15. The van der Waals surface area contributed by atoms with Crippen molar-refractivity contribution in [2.24, 2.45) is 5.92 Å². The molecule has 0 saturated carbocycles. The van der Waals surface area contributed by atoms with Crippen LogP contribution in [0.25, 0.3) is 0 Å². The van der Waals surface area contributed by atoms with Crippen LogP contribution in [0, 0.1) is 5.92 Å². The topological polar surface area (TPSA) is 17.1 Å². The molecule has 0 amide bonds. The second-order valence-electron chi connectivity index (χ2n) is 5.86. The number of Topliss-reactive ketones (excluding diaryl/α,β-unsaturated/α-hetero) is 1. The van der Waals surface area contributed by atoms with Crippen molar-refractivity contribution in [3.63, 3.8) is 0 Å². The molecular weight excluding hydrogens is 256 g/mol. The van der Waals surface area contributed by atoms with Crippen LogP contribution in [0.5, 0.6) is 0 Å². The lowest BCUT2D eigenvalue weighted by molar-refractivity contribution is -0.119. The highest BCUT2D eigenvalue weighted by Gasteiger charge is 2.09. The summed E-state index contributed by atoms with van der Waals surface area (Å²) in [5.74, 6) is 0.855. The summed E-state index contributed by atoms with van der Waals surface area (Å²) in [6.45, 7) is 2.18. The Bertz CT molecular complexity index is 530. The largest absolute Gasteiger partial charge is 0.300 e. The molecule has 2 aromatic carbocycles. The van der Waals surface area contributed by atoms with E-state index in [1.54, 1.807) is 0 Å². The van der Waals surface area contributed by atoms with Gasteiger partial charge < -0.3 is 0 Å². The van der Waals surface area contributed by atoms with Crippen molar-refractivity contribution in [2.45, 2.75) is 39.0 Å². The molecule has 0 aromatic heterocycles. The third-order valence-electron chi connectivity index (χ3n) is 3.88. The van der Waals surface area contributed by atoms with E-state index in [1.165, 1.54) is 11.1 Å². The van der Waals surface area contributed by atoms with Gasteiger partial charge in [0.1, 0.15) is 5.78 Å². The van der Waals surface area contributed by atoms with Gasteiger partial charge in [-0.2, -0.15) is 0 Å². The van der Waals surface area contributed by atoms with Crippen LogP contribution in [0.2, 0.25) is 0 Å². The molecule has 0 unspecified atom stereocenters. The standard InChI is InChI=1S/C20H24O/c1-17(12-13-18-8-4-2-5-9-18)16-20(21)15-14-19-10-6-3-7-11-19/h2-11,17H,12-16H2,1H3/t17-/m0/s1. The first-order valence-electron chi connectivity index (χ1n) is 7.83. The molecule has 0 heterocycles. The molecule has 0 aliphatic heterocycles. The van der Waals surface area contributed by atoms with Gasteiger partial charge >= 0.3 is 0 Å². The Morgan fingerprint density at radius 3 is 1.95 bits per heavy atom. The monoisotopic (exact) mass is 280 g/mol. The minimum atomic E-state index is 0.388. The smallest absolute Gasteiger partial charge is 0.133 e. The fourth-order valence-electron chi connectivity index (χ4n) is 2.58. The SMILES string of the molecule is C[C@@H](CCc1ccccc1)CC(=O)CCc1ccccc1. The van der Waals surface area contributed by atoms with Crippen LogP contribution in [-0.4, -0.2) is 5.78 Å². The first kappa shape index (κ1) is 15.5. The van der Waals surface area contributed by atoms with Gasteiger partial charge in [0.25, 0.3) is 0 Å². The van der Waals surface area contributed by atoms with E-state index in [9.17, 15) is 4.79 Å². The number of rotatable bonds is 8. The summed E-state index contributed by atoms with van der Waals surface area (Å²) in [4.78, 5) is 12.0. The quantitative estimate of drug-likeness (QED) is 0.675. The van der Waals surface area contributed by atoms with Gasteiger partial charge in [-0.15, -0.1) is 0 Å². The predicted octanol–water partition coefficient (Wildman–Crippen LogP) is 4.85. The maximum Gasteiger partial charge on any atom is 0.133 e. The summed E-state index contributed by atoms with van der Waals surface area (Å²) in [7, 11) is 0. The van der Waals surface area contributed by atoms with E-state index in [2.05, 4.69) is 43.3 Å². The van der Waals surface area contributed by atoms with E-state index in [-0.39, 0.29) is 0 Å². The molecule has 0 N–H and O–H groups in total. The Morgan fingerprint density at radius 1 is 0.857 bits per heavy atom. The summed E-state index contributed by atoms with van der Waals surface area (Å²) >= 11 is 0. The van der Waals surface area contributed by atoms with Gasteiger partial charge in [-0.1, -0.05) is 67.6 Å². The van der Waals surface area contributed by atoms with Crippen LogP contribution >= 0.6 is 0 Å². The van der Waals surface area contributed by atoms with Crippen molar-refractivity contribution in [3.05, 3.63) is 71.8 Å². The maximum atomic E-state index is 12.0. The minimum Gasteiger partial charge on any atom is -0.300 e. The van der Waals surface area contributed by atoms with Crippen molar-refractivity contribution in [3.8, 4) is 0 Å². The van der Waals surface area contributed by atoms with Gasteiger partial charge in [0, 0.05) is 12.8 Å². The Kier molecular flexibility index (Phi) is 6.21. The number of hydrogen-bond donors (Lipinski definition) is 0. The summed E-state index contributed by atoms with van der Waals surface area (Å²) in [5.41, 5.74) is 2.61. The first-order valence-corrected chi connectivity index (χ1v) is 7.83. The molecule has 0 aliphatic carbocycles. The van der Waals surface area contributed by atoms with E-state index in [0.29, 0.717) is 24.5 Å². The fourth-order valence-corrected chi connectivity index (χ4v) is 2.58. The molecule has 1 heteroatoms. The Hall–Kier alpha value is -1.89. The summed E-state index contributed by atoms with van der Waals surface area (Å²) < 4.78 is 0. The van der Waals surface area contributed by atoms with Crippen LogP contribution in [0.4, 0.5) is 0 Å². The van der Waals surface area contributed by atoms with Crippen molar-refractivity contribution >= 4 is 5.78 Å². The molecule has 0 aliphatic rings. The highest BCUT2D eigenvalue weighted by molar-refractivity contribution is 5.78. The maximum absolute atomic E-state index is 12.0. The molecule has 2 rings (SSSR count). The molecule has 2 aromatic rings. The molecule has 0 saturated heterocycles. The predicted molar refractivity (Wildman–Crippen MR) is 88.3 cm³/mol. The number of aryl methyl sites for hydroxylation is 2. The lowest BCUT2D eigenvalue weighted by Gasteiger charge is -2.10. The summed E-state index contributed by atoms with van der Waals surface area (Å²) in [6, 6.07) is 20.8. The molecule has 0 fully saturated rings. The highest BCUT2D eigenvalue weighted by atomic mass is 16.1. The van der Waals surface area contributed by atoms with Crippen LogP contribution in [0.3, 0.4) is 0 Å². The summed E-state index contributed by atoms with van der Waals surface area (Å²) in [5, 5.41) is 0. The van der Waals surface area contributed by atoms with E-state index >= 15 is 0 Å². The minimum absolute atomic E-state index is 0.388. The van der Waals surface area contributed by atoms with Crippen LogP contribution in [0.15, 0.2) is 60.7 Å². The van der Waals surface area contributed by atoms with Crippen molar-refractivity contribution < 1.29 is 4.79 Å². The van der Waals surface area contributed by atoms with Gasteiger partial charge in [-0.3, -0.25) is 4.79 Å². The lowest BCUT2D eigenvalue weighted by atomic mass is 9.94. The van der Waals surface area contributed by atoms with Crippen LogP contribution in [0.1, 0.15) is 37.3 Å². The molecule has 0 radical (unpaired) electrons. The average molecular weight is 280 g/mol. The third kappa shape index (κ3) is 5.95. The zero-order valence-electron chi connectivity index (χ0n) is 12.8. The molecule has 110 valence electrons. The van der Waals surface area contributed by atoms with Crippen LogP contribution in [-0.2, 0) is 17.6 Å². The van der Waals surface area contributed by atoms with Gasteiger partial charge in [0.05, 0.1) is 0 Å². The second-order valence-corrected chi connectivity index (χ2v) is 5.86. The van der Waals surface area contributed by atoms with Gasteiger partial charge in [-0.05, 0) is 36.3 Å². The number of carbonyl (C=O) groups excluding carboxylic acids is 1. The Labute approximate surface area is 128 Å². The van der Waals surface area contributed by atoms with Crippen molar-refractivity contribution in [2.75, 3.05) is 0 Å². The molecule has 1 atom stereocenters. The number of carbonyl (C=O) groups is 1. The second kappa shape index (κ2) is 8.41. The van der Waals surface area contributed by atoms with Crippen LogP contribution < -0.4 is 0 Å². The molecule has 0 spiro atoms. The van der Waals surface area contributed by atoms with E-state index in [1.807, 2.05) is 24.3 Å². The zero-order chi connectivity index (χ0) is 14.9. The number of hydrogen-bond acceptors (Lipinski definition) is 1. The number of benzene rings is 2. The van der Waals surface area contributed by atoms with Crippen molar-refractivity contribution in [1.82, 2.24) is 0 Å². The van der Waals surface area contributed by atoms with Gasteiger partial charge in [0.15, 0.2) is 0 Å². The third-order valence-corrected chi connectivity index (χ3v) is 3.88. The number of ketones is 1. The van der Waals surface area contributed by atoms with Crippen molar-refractivity contribution in [1.29, 1.82) is 0 Å². The normalized spacial score (nSPS) is 12.0. The van der Waals surface area contributed by atoms with E-state index in [4.69, 9.17) is 0 Å². The Balaban J connectivity index is 1.67. The molecule has 1 nitrogen and oxygen atoms in total. The Morgan fingerprint density at radius 2 is 1.38 bits per heavy atom.